The molecule has 0 aliphatic heterocycles. The van der Waals surface area contributed by atoms with Crippen LogP contribution in [0.5, 0.6) is 0 Å². The molecule has 0 saturated carbocycles. The molecule has 0 aliphatic carbocycles. The van der Waals surface area contributed by atoms with Gasteiger partial charge < -0.3 is 15.5 Å². The van der Waals surface area contributed by atoms with Crippen molar-refractivity contribution in [2.24, 2.45) is 5.92 Å². The summed E-state index contributed by atoms with van der Waals surface area (Å²) < 4.78 is 0. The molecule has 0 saturated heterocycles. The normalized spacial score (nSPS) is 14.6. The number of hydrogen-bond acceptors (Lipinski definition) is 4. The average molecular weight is 260 g/mol. The predicted octanol–water partition coefficient (Wildman–Crippen LogP) is -0.0855. The Balaban J connectivity index is 4.77. The minimum atomic E-state index is -1.06. The highest BCUT2D eigenvalue weighted by atomic mass is 16.4. The molecule has 6 heteroatoms. The Morgan fingerprint density at radius 1 is 1.28 bits per heavy atom. The number of hydrogen-bond donors (Lipinski definition) is 3. The molecule has 18 heavy (non-hydrogen) atoms. The number of aliphatic hydroxyl groups excluding tert-OH is 1. The Hall–Kier alpha value is -1.14. The van der Waals surface area contributed by atoms with Crippen molar-refractivity contribution < 1.29 is 19.8 Å². The summed E-state index contributed by atoms with van der Waals surface area (Å²) in [6.07, 6.45) is 0. The van der Waals surface area contributed by atoms with E-state index in [2.05, 4.69) is 5.32 Å². The van der Waals surface area contributed by atoms with Crippen molar-refractivity contribution in [2.45, 2.75) is 39.8 Å². The monoisotopic (exact) mass is 260 g/mol. The SMILES string of the molecule is CCN(CCO)C(C(=O)NC(C)C(=O)O)C(C)C. The highest BCUT2D eigenvalue weighted by Gasteiger charge is 2.29. The molecular formula is C12H24N2O4. The lowest BCUT2D eigenvalue weighted by Gasteiger charge is -2.32. The lowest BCUT2D eigenvalue weighted by Crippen LogP contribution is -2.53. The molecule has 0 heterocycles. The molecule has 0 bridgehead atoms. The van der Waals surface area contributed by atoms with Gasteiger partial charge >= 0.3 is 5.97 Å². The van der Waals surface area contributed by atoms with E-state index in [9.17, 15) is 9.59 Å². The number of carboxylic acids is 1. The fourth-order valence-electron chi connectivity index (χ4n) is 1.87. The largest absolute Gasteiger partial charge is 0.480 e. The van der Waals surface area contributed by atoms with Crippen LogP contribution in [0.25, 0.3) is 0 Å². The standard InChI is InChI=1S/C12H24N2O4/c1-5-14(6-7-15)10(8(2)3)11(16)13-9(4)12(17)18/h8-10,15H,5-7H2,1-4H3,(H,13,16)(H,17,18). The predicted molar refractivity (Wildman–Crippen MR) is 68.2 cm³/mol. The van der Waals surface area contributed by atoms with Crippen molar-refractivity contribution in [3.63, 3.8) is 0 Å². The van der Waals surface area contributed by atoms with Crippen molar-refractivity contribution >= 4 is 11.9 Å². The van der Waals surface area contributed by atoms with Gasteiger partial charge in [-0.1, -0.05) is 20.8 Å². The van der Waals surface area contributed by atoms with E-state index in [1.54, 1.807) is 0 Å². The first kappa shape index (κ1) is 16.9. The van der Waals surface area contributed by atoms with Crippen LogP contribution in [0.1, 0.15) is 27.7 Å². The number of rotatable bonds is 8. The quantitative estimate of drug-likeness (QED) is 0.568. The van der Waals surface area contributed by atoms with Crippen LogP contribution < -0.4 is 5.32 Å². The zero-order valence-electron chi connectivity index (χ0n) is 11.5. The molecule has 0 aromatic rings. The second-order valence-electron chi connectivity index (χ2n) is 4.61. The third kappa shape index (κ3) is 5.01. The van der Waals surface area contributed by atoms with E-state index in [0.717, 1.165) is 0 Å². The zero-order chi connectivity index (χ0) is 14.3. The Kier molecular flexibility index (Phi) is 7.54. The summed E-state index contributed by atoms with van der Waals surface area (Å²) in [4.78, 5) is 24.6. The summed E-state index contributed by atoms with van der Waals surface area (Å²) in [5.74, 6) is -1.33. The average Bonchev–Trinajstić information content (AvgIpc) is 2.27. The van der Waals surface area contributed by atoms with Crippen LogP contribution >= 0.6 is 0 Å². The molecule has 1 amide bonds. The molecule has 0 rings (SSSR count). The Labute approximate surface area is 108 Å². The van der Waals surface area contributed by atoms with Gasteiger partial charge in [0.2, 0.25) is 5.91 Å². The molecule has 0 radical (unpaired) electrons. The van der Waals surface area contributed by atoms with E-state index >= 15 is 0 Å². The van der Waals surface area contributed by atoms with Gasteiger partial charge in [0, 0.05) is 6.54 Å². The van der Waals surface area contributed by atoms with Gasteiger partial charge in [0.1, 0.15) is 6.04 Å². The summed E-state index contributed by atoms with van der Waals surface area (Å²) in [7, 11) is 0. The summed E-state index contributed by atoms with van der Waals surface area (Å²) >= 11 is 0. The van der Waals surface area contributed by atoms with Crippen LogP contribution in [0.3, 0.4) is 0 Å². The second-order valence-corrected chi connectivity index (χ2v) is 4.61. The Morgan fingerprint density at radius 2 is 1.83 bits per heavy atom. The highest BCUT2D eigenvalue weighted by molar-refractivity contribution is 5.86. The van der Waals surface area contributed by atoms with Crippen LogP contribution in [-0.2, 0) is 9.59 Å². The maximum absolute atomic E-state index is 12.1. The molecular weight excluding hydrogens is 236 g/mol. The number of carbonyl (C=O) groups is 2. The van der Waals surface area contributed by atoms with Crippen molar-refractivity contribution in [2.75, 3.05) is 19.7 Å². The maximum atomic E-state index is 12.1. The number of aliphatic carboxylic acids is 1. The molecule has 3 N–H and O–H groups in total. The van der Waals surface area contributed by atoms with Crippen molar-refractivity contribution in [1.82, 2.24) is 10.2 Å². The van der Waals surface area contributed by atoms with Crippen molar-refractivity contribution in [3.8, 4) is 0 Å². The fraction of sp³-hybridized carbons (Fsp3) is 0.833. The van der Waals surface area contributed by atoms with E-state index in [0.29, 0.717) is 13.1 Å². The van der Waals surface area contributed by atoms with Gasteiger partial charge in [0.25, 0.3) is 0 Å². The number of likely N-dealkylation sites (N-methyl/N-ethyl adjacent to an activating group) is 1. The molecule has 0 aromatic heterocycles. The number of carbonyl (C=O) groups excluding carboxylic acids is 1. The fourth-order valence-corrected chi connectivity index (χ4v) is 1.87. The summed E-state index contributed by atoms with van der Waals surface area (Å²) in [6, 6.07) is -1.34. The lowest BCUT2D eigenvalue weighted by molar-refractivity contribution is -0.142. The molecule has 2 atom stereocenters. The molecule has 2 unspecified atom stereocenters. The first-order chi connectivity index (χ1) is 8.34. The Morgan fingerprint density at radius 3 is 2.17 bits per heavy atom. The molecule has 0 aromatic carbocycles. The first-order valence-corrected chi connectivity index (χ1v) is 6.23. The number of amides is 1. The van der Waals surface area contributed by atoms with Gasteiger partial charge in [-0.2, -0.15) is 0 Å². The first-order valence-electron chi connectivity index (χ1n) is 6.23. The van der Waals surface area contributed by atoms with Crippen LogP contribution in [0.15, 0.2) is 0 Å². The van der Waals surface area contributed by atoms with Gasteiger partial charge in [-0.3, -0.25) is 14.5 Å². The van der Waals surface area contributed by atoms with Crippen LogP contribution in [0.4, 0.5) is 0 Å². The van der Waals surface area contributed by atoms with E-state index in [4.69, 9.17) is 10.2 Å². The maximum Gasteiger partial charge on any atom is 0.325 e. The number of nitrogens with zero attached hydrogens (tertiary/aromatic N) is 1. The van der Waals surface area contributed by atoms with Crippen LogP contribution in [-0.4, -0.2) is 58.8 Å². The minimum absolute atomic E-state index is 0.0289. The molecule has 0 aliphatic rings. The van der Waals surface area contributed by atoms with Crippen molar-refractivity contribution in [1.29, 1.82) is 0 Å². The summed E-state index contributed by atoms with van der Waals surface area (Å²) in [6.45, 7) is 8.12. The summed E-state index contributed by atoms with van der Waals surface area (Å²) in [5.41, 5.74) is 0. The minimum Gasteiger partial charge on any atom is -0.480 e. The van der Waals surface area contributed by atoms with E-state index < -0.39 is 18.1 Å². The van der Waals surface area contributed by atoms with Gasteiger partial charge in [-0.15, -0.1) is 0 Å². The zero-order valence-corrected chi connectivity index (χ0v) is 11.5. The second kappa shape index (κ2) is 8.05. The third-order valence-corrected chi connectivity index (χ3v) is 2.82. The third-order valence-electron chi connectivity index (χ3n) is 2.82. The van der Waals surface area contributed by atoms with Gasteiger partial charge in [0.05, 0.1) is 12.6 Å². The molecule has 0 fully saturated rings. The van der Waals surface area contributed by atoms with Crippen LogP contribution in [0, 0.1) is 5.92 Å². The van der Waals surface area contributed by atoms with Gasteiger partial charge in [0.15, 0.2) is 0 Å². The van der Waals surface area contributed by atoms with Gasteiger partial charge in [-0.05, 0) is 19.4 Å². The summed E-state index contributed by atoms with van der Waals surface area (Å²) in [5, 5.41) is 20.2. The topological polar surface area (TPSA) is 89.9 Å². The van der Waals surface area contributed by atoms with E-state index in [-0.39, 0.29) is 18.4 Å². The number of carboxylic acid groups (broad SMARTS) is 1. The lowest BCUT2D eigenvalue weighted by atomic mass is 10.0. The number of aliphatic hydroxyl groups is 1. The molecule has 6 nitrogen and oxygen atoms in total. The van der Waals surface area contributed by atoms with E-state index in [1.165, 1.54) is 6.92 Å². The molecule has 106 valence electrons. The van der Waals surface area contributed by atoms with E-state index in [1.807, 2.05) is 25.7 Å². The van der Waals surface area contributed by atoms with Gasteiger partial charge in [-0.25, -0.2) is 0 Å². The Bertz CT molecular complexity index is 281. The smallest absolute Gasteiger partial charge is 0.325 e. The van der Waals surface area contributed by atoms with Crippen LogP contribution in [0.2, 0.25) is 0 Å². The highest BCUT2D eigenvalue weighted by Crippen LogP contribution is 2.11. The van der Waals surface area contributed by atoms with Crippen molar-refractivity contribution in [3.05, 3.63) is 0 Å². The molecule has 0 spiro atoms. The number of nitrogens with one attached hydrogen (secondary N) is 1.